The van der Waals surface area contributed by atoms with Crippen LogP contribution in [0.15, 0.2) is 27.2 Å². The lowest BCUT2D eigenvalue weighted by atomic mass is 10.2. The summed E-state index contributed by atoms with van der Waals surface area (Å²) in [5.41, 5.74) is 0.480. The summed E-state index contributed by atoms with van der Waals surface area (Å²) in [6.07, 6.45) is 2.27. The highest BCUT2D eigenvalue weighted by Crippen LogP contribution is 2.25. The van der Waals surface area contributed by atoms with E-state index in [2.05, 4.69) is 31.9 Å². The van der Waals surface area contributed by atoms with Crippen LogP contribution in [0.4, 0.5) is 4.39 Å². The Hall–Kier alpha value is -0.680. The van der Waals surface area contributed by atoms with Crippen molar-refractivity contribution in [1.82, 2.24) is 0 Å². The number of aliphatic carboxylic acids is 1. The molecule has 0 atom stereocenters. The number of rotatable bonds is 2. The second kappa shape index (κ2) is 4.70. The van der Waals surface area contributed by atoms with E-state index in [1.54, 1.807) is 0 Å². The Morgan fingerprint density at radius 2 is 2.00 bits per heavy atom. The summed E-state index contributed by atoms with van der Waals surface area (Å²) in [4.78, 5) is 10.2. The van der Waals surface area contributed by atoms with Crippen LogP contribution in [0.1, 0.15) is 5.56 Å². The van der Waals surface area contributed by atoms with Gasteiger partial charge in [-0.25, -0.2) is 9.18 Å². The molecule has 0 unspecified atom stereocenters. The van der Waals surface area contributed by atoms with E-state index in [4.69, 9.17) is 5.11 Å². The van der Waals surface area contributed by atoms with Crippen molar-refractivity contribution in [3.05, 3.63) is 38.5 Å². The van der Waals surface area contributed by atoms with Gasteiger partial charge in [-0.3, -0.25) is 0 Å². The normalized spacial score (nSPS) is 10.8. The molecule has 0 radical (unpaired) electrons. The Balaban J connectivity index is 3.10. The molecule has 0 saturated carbocycles. The summed E-state index contributed by atoms with van der Waals surface area (Å²) in [6, 6.07) is 2.77. The predicted octanol–water partition coefficient (Wildman–Crippen LogP) is 3.45. The highest BCUT2D eigenvalue weighted by Gasteiger charge is 2.04. The van der Waals surface area contributed by atoms with Gasteiger partial charge in [-0.05, 0) is 39.7 Å². The minimum absolute atomic E-state index is 0.330. The van der Waals surface area contributed by atoms with Gasteiger partial charge < -0.3 is 5.11 Å². The average molecular weight is 324 g/mol. The Morgan fingerprint density at radius 1 is 1.36 bits per heavy atom. The molecule has 0 amide bonds. The smallest absolute Gasteiger partial charge is 0.328 e. The van der Waals surface area contributed by atoms with Crippen molar-refractivity contribution in [2.75, 3.05) is 0 Å². The van der Waals surface area contributed by atoms with Gasteiger partial charge in [-0.15, -0.1) is 0 Å². The number of carboxylic acids is 1. The fourth-order valence-electron chi connectivity index (χ4n) is 0.827. The van der Waals surface area contributed by atoms with E-state index >= 15 is 0 Å². The molecule has 0 spiro atoms. The molecule has 5 heteroatoms. The van der Waals surface area contributed by atoms with Gasteiger partial charge in [0.1, 0.15) is 5.82 Å². The average Bonchev–Trinajstić information content (AvgIpc) is 2.09. The zero-order valence-corrected chi connectivity index (χ0v) is 9.97. The standard InChI is InChI=1S/C9H5Br2FO2/c10-6-4-7(11)8(12)3-5(6)1-2-9(13)14/h1-4H,(H,13,14)/b2-1+. The third-order valence-electron chi connectivity index (χ3n) is 1.45. The largest absolute Gasteiger partial charge is 0.478 e. The number of benzene rings is 1. The molecule has 0 heterocycles. The summed E-state index contributed by atoms with van der Waals surface area (Å²) in [5, 5.41) is 8.38. The van der Waals surface area contributed by atoms with Gasteiger partial charge in [-0.1, -0.05) is 15.9 Å². The van der Waals surface area contributed by atoms with Crippen LogP contribution < -0.4 is 0 Å². The Morgan fingerprint density at radius 3 is 2.57 bits per heavy atom. The molecule has 1 aromatic rings. The lowest BCUT2D eigenvalue weighted by molar-refractivity contribution is -0.131. The first-order valence-corrected chi connectivity index (χ1v) is 5.15. The first-order valence-electron chi connectivity index (χ1n) is 3.56. The highest BCUT2D eigenvalue weighted by atomic mass is 79.9. The van der Waals surface area contributed by atoms with Gasteiger partial charge in [0, 0.05) is 10.5 Å². The van der Waals surface area contributed by atoms with Crippen molar-refractivity contribution in [3.63, 3.8) is 0 Å². The molecule has 1 rings (SSSR count). The maximum atomic E-state index is 13.0. The van der Waals surface area contributed by atoms with Crippen LogP contribution in [0, 0.1) is 5.82 Å². The van der Waals surface area contributed by atoms with E-state index in [9.17, 15) is 9.18 Å². The van der Waals surface area contributed by atoms with E-state index in [0.717, 1.165) is 6.08 Å². The summed E-state index contributed by atoms with van der Waals surface area (Å²) in [5.74, 6) is -1.50. The summed E-state index contributed by atoms with van der Waals surface area (Å²) >= 11 is 6.21. The van der Waals surface area contributed by atoms with Crippen molar-refractivity contribution in [1.29, 1.82) is 0 Å². The molecule has 0 aliphatic heterocycles. The summed E-state index contributed by atoms with van der Waals surface area (Å²) in [6.45, 7) is 0. The predicted molar refractivity (Wildman–Crippen MR) is 58.5 cm³/mol. The molecule has 0 saturated heterocycles. The van der Waals surface area contributed by atoms with Gasteiger partial charge in [0.2, 0.25) is 0 Å². The van der Waals surface area contributed by atoms with Crippen molar-refractivity contribution in [2.45, 2.75) is 0 Å². The molecule has 1 aromatic carbocycles. The van der Waals surface area contributed by atoms with Gasteiger partial charge in [0.25, 0.3) is 0 Å². The first kappa shape index (κ1) is 11.4. The second-order valence-electron chi connectivity index (χ2n) is 2.46. The maximum absolute atomic E-state index is 13.0. The topological polar surface area (TPSA) is 37.3 Å². The molecule has 14 heavy (non-hydrogen) atoms. The second-order valence-corrected chi connectivity index (χ2v) is 4.17. The number of halogens is 3. The fourth-order valence-corrected chi connectivity index (χ4v) is 1.95. The van der Waals surface area contributed by atoms with Crippen LogP contribution in [0.25, 0.3) is 6.08 Å². The number of hydrogen-bond donors (Lipinski definition) is 1. The van der Waals surface area contributed by atoms with Crippen molar-refractivity contribution < 1.29 is 14.3 Å². The van der Waals surface area contributed by atoms with Crippen LogP contribution in [-0.2, 0) is 4.79 Å². The molecule has 74 valence electrons. The van der Waals surface area contributed by atoms with E-state index in [1.807, 2.05) is 0 Å². The lowest BCUT2D eigenvalue weighted by Crippen LogP contribution is -1.87. The van der Waals surface area contributed by atoms with Crippen LogP contribution in [0.2, 0.25) is 0 Å². The molecule has 2 nitrogen and oxygen atoms in total. The number of carboxylic acid groups (broad SMARTS) is 1. The first-order chi connectivity index (χ1) is 6.50. The quantitative estimate of drug-likeness (QED) is 0.668. The highest BCUT2D eigenvalue weighted by molar-refractivity contribution is 9.11. The summed E-state index contributed by atoms with van der Waals surface area (Å²) < 4.78 is 14.0. The third-order valence-corrected chi connectivity index (χ3v) is 2.74. The van der Waals surface area contributed by atoms with Crippen molar-refractivity contribution in [3.8, 4) is 0 Å². The monoisotopic (exact) mass is 322 g/mol. The molecule has 0 aromatic heterocycles. The lowest BCUT2D eigenvalue weighted by Gasteiger charge is -2.00. The molecule has 0 aliphatic rings. The molecular weight excluding hydrogens is 319 g/mol. The molecule has 0 fully saturated rings. The Labute approximate surface area is 96.7 Å². The summed E-state index contributed by atoms with van der Waals surface area (Å²) in [7, 11) is 0. The van der Waals surface area contributed by atoms with E-state index in [-0.39, 0.29) is 0 Å². The molecule has 1 N–H and O–H groups in total. The minimum Gasteiger partial charge on any atom is -0.478 e. The zero-order chi connectivity index (χ0) is 10.7. The van der Waals surface area contributed by atoms with Gasteiger partial charge in [0.15, 0.2) is 0 Å². The van der Waals surface area contributed by atoms with E-state index < -0.39 is 11.8 Å². The fraction of sp³-hybridized carbons (Fsp3) is 0. The van der Waals surface area contributed by atoms with Crippen molar-refractivity contribution in [2.24, 2.45) is 0 Å². The molecule has 0 aliphatic carbocycles. The van der Waals surface area contributed by atoms with Crippen LogP contribution in [-0.4, -0.2) is 11.1 Å². The Kier molecular flexibility index (Phi) is 3.83. The van der Waals surface area contributed by atoms with Crippen molar-refractivity contribution >= 4 is 43.9 Å². The van der Waals surface area contributed by atoms with Crippen LogP contribution >= 0.6 is 31.9 Å². The number of carbonyl (C=O) groups is 1. The SMILES string of the molecule is O=C(O)/C=C/c1cc(F)c(Br)cc1Br. The third kappa shape index (κ3) is 2.92. The zero-order valence-electron chi connectivity index (χ0n) is 6.80. The van der Waals surface area contributed by atoms with Crippen LogP contribution in [0.3, 0.4) is 0 Å². The van der Waals surface area contributed by atoms with Gasteiger partial charge in [0.05, 0.1) is 4.47 Å². The van der Waals surface area contributed by atoms with E-state index in [1.165, 1.54) is 18.2 Å². The van der Waals surface area contributed by atoms with Gasteiger partial charge >= 0.3 is 5.97 Å². The van der Waals surface area contributed by atoms with Gasteiger partial charge in [-0.2, -0.15) is 0 Å². The molecular formula is C9H5Br2FO2. The number of hydrogen-bond acceptors (Lipinski definition) is 1. The van der Waals surface area contributed by atoms with E-state index in [0.29, 0.717) is 14.5 Å². The van der Waals surface area contributed by atoms with Crippen LogP contribution in [0.5, 0.6) is 0 Å². The molecule has 0 bridgehead atoms. The Bertz CT molecular complexity index is 402. The minimum atomic E-state index is -1.07. The maximum Gasteiger partial charge on any atom is 0.328 e.